The summed E-state index contributed by atoms with van der Waals surface area (Å²) in [5, 5.41) is 0. The summed E-state index contributed by atoms with van der Waals surface area (Å²) in [4.78, 5) is 7.42. The van der Waals surface area contributed by atoms with Crippen LogP contribution in [0, 0.1) is 0 Å². The largest absolute Gasteiger partial charge is 0.340 e. The molecule has 0 radical (unpaired) electrons. The summed E-state index contributed by atoms with van der Waals surface area (Å²) in [5.74, 6) is 0. The lowest BCUT2D eigenvalue weighted by atomic mass is 10.2. The predicted octanol–water partition coefficient (Wildman–Crippen LogP) is 4.24. The second-order valence-electron chi connectivity index (χ2n) is 5.35. The molecule has 104 valence electrons. The fourth-order valence-corrected chi connectivity index (χ4v) is 3.66. The van der Waals surface area contributed by atoms with E-state index in [1.807, 2.05) is 11.8 Å². The van der Waals surface area contributed by atoms with Crippen molar-refractivity contribution in [2.24, 2.45) is 0 Å². The molecule has 0 aromatic heterocycles. The molecule has 0 saturated heterocycles. The average molecular weight is 285 g/mol. The molecule has 0 fully saturated rings. The maximum Gasteiger partial charge on any atom is 0.0552 e. The molecule has 0 unspecified atom stereocenters. The van der Waals surface area contributed by atoms with Gasteiger partial charge in [0.05, 0.1) is 11.4 Å². The average Bonchev–Trinajstić information content (AvgIpc) is 2.46. The van der Waals surface area contributed by atoms with Gasteiger partial charge in [-0.15, -0.1) is 0 Å². The fraction of sp³-hybridized carbons (Fsp3) is 0.294. The van der Waals surface area contributed by atoms with Crippen LogP contribution in [0.5, 0.6) is 0 Å². The maximum absolute atomic E-state index is 2.46. The lowest BCUT2D eigenvalue weighted by Crippen LogP contribution is -2.25. The summed E-state index contributed by atoms with van der Waals surface area (Å²) in [6.45, 7) is 2.18. The van der Waals surface area contributed by atoms with Crippen LogP contribution in [0.3, 0.4) is 0 Å². The van der Waals surface area contributed by atoms with Crippen molar-refractivity contribution >= 4 is 23.1 Å². The van der Waals surface area contributed by atoms with Gasteiger partial charge < -0.3 is 9.80 Å². The van der Waals surface area contributed by atoms with E-state index in [4.69, 9.17) is 0 Å². The van der Waals surface area contributed by atoms with Gasteiger partial charge in [-0.3, -0.25) is 0 Å². The van der Waals surface area contributed by atoms with E-state index in [-0.39, 0.29) is 0 Å². The number of benzene rings is 2. The van der Waals surface area contributed by atoms with E-state index in [1.54, 1.807) is 0 Å². The van der Waals surface area contributed by atoms with Gasteiger partial charge in [0.1, 0.15) is 0 Å². The van der Waals surface area contributed by atoms with E-state index < -0.39 is 0 Å². The summed E-state index contributed by atoms with van der Waals surface area (Å²) in [6, 6.07) is 17.4. The van der Waals surface area contributed by atoms with Gasteiger partial charge in [0.2, 0.25) is 0 Å². The number of hydrogen-bond acceptors (Lipinski definition) is 3. The van der Waals surface area contributed by atoms with Crippen LogP contribution in [-0.2, 0) is 0 Å². The molecule has 0 aliphatic carbocycles. The van der Waals surface area contributed by atoms with Gasteiger partial charge in [0.25, 0.3) is 0 Å². The van der Waals surface area contributed by atoms with E-state index in [1.165, 1.54) is 27.6 Å². The highest BCUT2D eigenvalue weighted by atomic mass is 32.2. The molecule has 0 saturated carbocycles. The number of rotatable bonds is 4. The van der Waals surface area contributed by atoms with Crippen LogP contribution in [0.15, 0.2) is 58.3 Å². The summed E-state index contributed by atoms with van der Waals surface area (Å²) >= 11 is 1.87. The van der Waals surface area contributed by atoms with Crippen LogP contribution < -0.4 is 4.90 Å². The SMILES string of the molecule is CN([13CH3])CCCN1c2ccccc2Sc2ccccc21. The quantitative estimate of drug-likeness (QED) is 0.776. The van der Waals surface area contributed by atoms with Crippen molar-refractivity contribution < 1.29 is 0 Å². The third-order valence-corrected chi connectivity index (χ3v) is 4.65. The third-order valence-electron chi connectivity index (χ3n) is 3.52. The molecule has 2 aromatic rings. The second kappa shape index (κ2) is 5.90. The lowest BCUT2D eigenvalue weighted by Gasteiger charge is -2.33. The Labute approximate surface area is 125 Å². The minimum Gasteiger partial charge on any atom is -0.340 e. The lowest BCUT2D eigenvalue weighted by molar-refractivity contribution is 0.402. The molecule has 0 atom stereocenters. The highest BCUT2D eigenvalue weighted by Crippen LogP contribution is 2.47. The number of nitrogens with zero attached hydrogens (tertiary/aromatic N) is 2. The molecule has 0 spiro atoms. The zero-order valence-corrected chi connectivity index (χ0v) is 12.9. The normalized spacial score (nSPS) is 13.2. The first-order valence-electron chi connectivity index (χ1n) is 7.04. The van der Waals surface area contributed by atoms with Crippen molar-refractivity contribution in [3.05, 3.63) is 48.5 Å². The molecule has 20 heavy (non-hydrogen) atoms. The summed E-state index contributed by atoms with van der Waals surface area (Å²) in [6.07, 6.45) is 1.17. The number of anilines is 2. The highest BCUT2D eigenvalue weighted by molar-refractivity contribution is 7.99. The van der Waals surface area contributed by atoms with Crippen LogP contribution in [0.2, 0.25) is 0 Å². The molecule has 0 amide bonds. The minimum absolute atomic E-state index is 1.06. The first-order valence-corrected chi connectivity index (χ1v) is 7.85. The van der Waals surface area contributed by atoms with Crippen molar-refractivity contribution in [2.75, 3.05) is 32.1 Å². The Bertz CT molecular complexity index is 550. The molecule has 1 aliphatic rings. The zero-order valence-electron chi connectivity index (χ0n) is 12.0. The van der Waals surface area contributed by atoms with Crippen molar-refractivity contribution in [1.29, 1.82) is 0 Å². The van der Waals surface area contributed by atoms with E-state index >= 15 is 0 Å². The minimum atomic E-state index is 1.06. The summed E-state index contributed by atoms with van der Waals surface area (Å²) in [7, 11) is 4.27. The van der Waals surface area contributed by atoms with Gasteiger partial charge in [-0.2, -0.15) is 0 Å². The molecule has 1 heterocycles. The van der Waals surface area contributed by atoms with Gasteiger partial charge in [0, 0.05) is 16.3 Å². The molecule has 3 heteroatoms. The van der Waals surface area contributed by atoms with E-state index in [9.17, 15) is 0 Å². The van der Waals surface area contributed by atoms with E-state index in [0.29, 0.717) is 0 Å². The maximum atomic E-state index is 2.46. The number of para-hydroxylation sites is 2. The highest BCUT2D eigenvalue weighted by Gasteiger charge is 2.22. The standard InChI is InChI=1S/C17H20N2S/c1-18(2)12-7-13-19-14-8-3-5-10-16(14)20-17-11-6-4-9-15(17)19/h3-6,8-11H,7,12-13H2,1-2H3/i1+1. The molecule has 0 N–H and O–H groups in total. The van der Waals surface area contributed by atoms with Crippen molar-refractivity contribution in [3.63, 3.8) is 0 Å². The number of fused-ring (bicyclic) bond motifs is 2. The van der Waals surface area contributed by atoms with Gasteiger partial charge in [-0.1, -0.05) is 36.0 Å². The molecule has 3 rings (SSSR count). The Kier molecular flexibility index (Phi) is 3.99. The first-order chi connectivity index (χ1) is 9.75. The Morgan fingerprint density at radius 3 is 2.00 bits per heavy atom. The first kappa shape index (κ1) is 13.5. The van der Waals surface area contributed by atoms with Crippen molar-refractivity contribution in [3.8, 4) is 0 Å². The molecular formula is C17H20N2S. The van der Waals surface area contributed by atoms with Crippen LogP contribution in [0.4, 0.5) is 11.4 Å². The smallest absolute Gasteiger partial charge is 0.0552 e. The molecule has 0 bridgehead atoms. The van der Waals surface area contributed by atoms with Crippen LogP contribution in [0.25, 0.3) is 0 Å². The predicted molar refractivity (Wildman–Crippen MR) is 87.2 cm³/mol. The van der Waals surface area contributed by atoms with Gasteiger partial charge in [-0.25, -0.2) is 0 Å². The molecule has 2 nitrogen and oxygen atoms in total. The van der Waals surface area contributed by atoms with Crippen LogP contribution >= 0.6 is 11.8 Å². The summed E-state index contributed by atoms with van der Waals surface area (Å²) in [5.41, 5.74) is 2.69. The van der Waals surface area contributed by atoms with Gasteiger partial charge in [-0.05, 0) is 51.3 Å². The van der Waals surface area contributed by atoms with Crippen molar-refractivity contribution in [2.45, 2.75) is 16.2 Å². The Morgan fingerprint density at radius 1 is 0.900 bits per heavy atom. The Morgan fingerprint density at radius 2 is 1.45 bits per heavy atom. The zero-order chi connectivity index (χ0) is 13.9. The summed E-state index contributed by atoms with van der Waals surface area (Å²) < 4.78 is 0. The Balaban J connectivity index is 1.91. The third kappa shape index (κ3) is 2.69. The van der Waals surface area contributed by atoms with Gasteiger partial charge >= 0.3 is 0 Å². The molecular weight excluding hydrogens is 265 g/mol. The topological polar surface area (TPSA) is 6.48 Å². The molecule has 1 aliphatic heterocycles. The van der Waals surface area contributed by atoms with E-state index in [0.717, 1.165) is 13.1 Å². The monoisotopic (exact) mass is 285 g/mol. The van der Waals surface area contributed by atoms with E-state index in [2.05, 4.69) is 72.4 Å². The van der Waals surface area contributed by atoms with Crippen LogP contribution in [-0.4, -0.2) is 32.1 Å². The second-order valence-corrected chi connectivity index (χ2v) is 6.43. The fourth-order valence-electron chi connectivity index (χ4n) is 2.57. The molecule has 2 aromatic carbocycles. The Hall–Kier alpha value is -1.45. The van der Waals surface area contributed by atoms with Crippen LogP contribution in [0.1, 0.15) is 6.42 Å². The van der Waals surface area contributed by atoms with Crippen molar-refractivity contribution in [1.82, 2.24) is 4.90 Å². The van der Waals surface area contributed by atoms with Gasteiger partial charge in [0.15, 0.2) is 0 Å². The number of hydrogen-bond donors (Lipinski definition) is 0.